The largest absolute Gasteiger partial charge is 0.366 e. The summed E-state index contributed by atoms with van der Waals surface area (Å²) in [7, 11) is 3.97. The molecule has 1 atom stereocenters. The molecule has 0 saturated heterocycles. The van der Waals surface area contributed by atoms with Crippen molar-refractivity contribution >= 4 is 28.7 Å². The molecule has 0 aliphatic rings. The molecule has 0 saturated carbocycles. The molecule has 5 nitrogen and oxygen atoms in total. The lowest BCUT2D eigenvalue weighted by Crippen LogP contribution is -2.41. The second-order valence-corrected chi connectivity index (χ2v) is 7.53. The molecule has 0 aliphatic carbocycles. The van der Waals surface area contributed by atoms with E-state index in [0.29, 0.717) is 12.1 Å². The molecule has 3 N–H and O–H groups in total. The van der Waals surface area contributed by atoms with E-state index in [0.717, 1.165) is 28.3 Å². The summed E-state index contributed by atoms with van der Waals surface area (Å²) >= 11 is 0. The fourth-order valence-corrected chi connectivity index (χ4v) is 3.35. The van der Waals surface area contributed by atoms with Gasteiger partial charge in [0, 0.05) is 24.2 Å². The number of rotatable bonds is 8. The normalized spacial score (nSPS) is 12.4. The first kappa shape index (κ1) is 21.3. The summed E-state index contributed by atoms with van der Waals surface area (Å²) in [5.74, 6) is -0.560. The molecule has 154 valence electrons. The quantitative estimate of drug-likeness (QED) is 0.569. The van der Waals surface area contributed by atoms with Gasteiger partial charge in [0.05, 0.1) is 0 Å². The zero-order valence-electron chi connectivity index (χ0n) is 17.3. The molecular weight excluding hydrogens is 374 g/mol. The van der Waals surface area contributed by atoms with Gasteiger partial charge in [-0.3, -0.25) is 9.59 Å². The maximum Gasteiger partial charge on any atom is 0.248 e. The fourth-order valence-electron chi connectivity index (χ4n) is 3.35. The van der Waals surface area contributed by atoms with E-state index in [1.54, 1.807) is 18.2 Å². The molecule has 0 heterocycles. The van der Waals surface area contributed by atoms with E-state index in [1.165, 1.54) is 0 Å². The smallest absolute Gasteiger partial charge is 0.248 e. The molecule has 0 aliphatic heterocycles. The number of carbonyl (C=O) groups excluding carboxylic acids is 2. The van der Waals surface area contributed by atoms with E-state index in [1.807, 2.05) is 56.6 Å². The highest BCUT2D eigenvalue weighted by molar-refractivity contribution is 5.96. The van der Waals surface area contributed by atoms with E-state index in [9.17, 15) is 9.59 Å². The first-order valence-corrected chi connectivity index (χ1v) is 9.93. The second kappa shape index (κ2) is 9.85. The fraction of sp³-hybridized carbons (Fsp3) is 0.200. The third kappa shape index (κ3) is 5.55. The van der Waals surface area contributed by atoms with Gasteiger partial charge in [0.1, 0.15) is 0 Å². The Morgan fingerprint density at radius 1 is 1.00 bits per heavy atom. The van der Waals surface area contributed by atoms with Crippen molar-refractivity contribution in [2.45, 2.75) is 12.5 Å². The minimum absolute atomic E-state index is 0.124. The molecule has 0 fully saturated rings. The molecule has 3 aromatic carbocycles. The van der Waals surface area contributed by atoms with Crippen molar-refractivity contribution in [2.75, 3.05) is 20.6 Å². The third-order valence-corrected chi connectivity index (χ3v) is 5.19. The van der Waals surface area contributed by atoms with Crippen molar-refractivity contribution in [3.63, 3.8) is 0 Å². The summed E-state index contributed by atoms with van der Waals surface area (Å²) in [6, 6.07) is 21.6. The number of nitrogens with zero attached hydrogens (tertiary/aromatic N) is 1. The van der Waals surface area contributed by atoms with E-state index < -0.39 is 5.91 Å². The van der Waals surface area contributed by atoms with Crippen LogP contribution in [-0.4, -0.2) is 43.4 Å². The minimum Gasteiger partial charge on any atom is -0.366 e. The van der Waals surface area contributed by atoms with Gasteiger partial charge in [-0.25, -0.2) is 0 Å². The molecule has 2 amide bonds. The predicted octanol–water partition coefficient (Wildman–Crippen LogP) is 3.24. The zero-order valence-corrected chi connectivity index (χ0v) is 17.3. The van der Waals surface area contributed by atoms with Gasteiger partial charge in [-0.2, -0.15) is 0 Å². The maximum absolute atomic E-state index is 12.4. The van der Waals surface area contributed by atoms with Crippen molar-refractivity contribution < 1.29 is 9.59 Å². The summed E-state index contributed by atoms with van der Waals surface area (Å²) < 4.78 is 0. The molecule has 3 aromatic rings. The van der Waals surface area contributed by atoms with E-state index in [4.69, 9.17) is 5.73 Å². The number of carbonyl (C=O) groups is 2. The highest BCUT2D eigenvalue weighted by Crippen LogP contribution is 2.19. The van der Waals surface area contributed by atoms with E-state index >= 15 is 0 Å². The van der Waals surface area contributed by atoms with Gasteiger partial charge in [0.25, 0.3) is 0 Å². The van der Waals surface area contributed by atoms with Crippen LogP contribution in [-0.2, 0) is 11.2 Å². The number of likely N-dealkylation sites (N-methyl/N-ethyl adjacent to an activating group) is 1. The van der Waals surface area contributed by atoms with E-state index in [-0.39, 0.29) is 11.9 Å². The molecule has 5 heteroatoms. The molecule has 30 heavy (non-hydrogen) atoms. The Morgan fingerprint density at radius 3 is 2.40 bits per heavy atom. The Labute approximate surface area is 177 Å². The summed E-state index contributed by atoms with van der Waals surface area (Å²) in [4.78, 5) is 25.7. The molecular formula is C25H27N3O2. The highest BCUT2D eigenvalue weighted by Gasteiger charge is 2.13. The van der Waals surface area contributed by atoms with Crippen LogP contribution in [0.1, 0.15) is 21.5 Å². The lowest BCUT2D eigenvalue weighted by molar-refractivity contribution is -0.116. The van der Waals surface area contributed by atoms with Crippen LogP contribution in [0.15, 0.2) is 72.8 Å². The number of nitrogens with two attached hydrogens (primary N) is 1. The van der Waals surface area contributed by atoms with Gasteiger partial charge < -0.3 is 16.0 Å². The van der Waals surface area contributed by atoms with Gasteiger partial charge in [-0.05, 0) is 60.6 Å². The highest BCUT2D eigenvalue weighted by atomic mass is 16.1. The lowest BCUT2D eigenvalue weighted by atomic mass is 10.0. The summed E-state index contributed by atoms with van der Waals surface area (Å²) in [6.45, 7) is 0.517. The third-order valence-electron chi connectivity index (χ3n) is 5.19. The minimum atomic E-state index is -0.434. The Hall–Kier alpha value is -3.44. The summed E-state index contributed by atoms with van der Waals surface area (Å²) in [6.07, 6.45) is 4.18. The van der Waals surface area contributed by atoms with Crippen LogP contribution in [0.5, 0.6) is 0 Å². The van der Waals surface area contributed by atoms with Crippen LogP contribution < -0.4 is 11.1 Å². The van der Waals surface area contributed by atoms with Crippen LogP contribution in [0.3, 0.4) is 0 Å². The summed E-state index contributed by atoms with van der Waals surface area (Å²) in [5.41, 5.74) is 7.89. The maximum atomic E-state index is 12.4. The standard InChI is InChI=1S/C25H27N3O2/c1-28(2)22(16-18-10-12-21(13-11-18)25(26)30)17-27-24(29)15-14-20-8-5-7-19-6-3-4-9-23(19)20/h3-15,22H,16-17H2,1-2H3,(H2,26,30)(H,27,29)/b15-14+/t22-/m0/s1. The SMILES string of the molecule is CN(C)[C@H](CNC(=O)/C=C/c1cccc2ccccc12)Cc1ccc(C(N)=O)cc1. The van der Waals surface area contributed by atoms with Crippen molar-refractivity contribution in [1.82, 2.24) is 10.2 Å². The average molecular weight is 402 g/mol. The molecule has 0 radical (unpaired) electrons. The number of fused-ring (bicyclic) bond motifs is 1. The second-order valence-electron chi connectivity index (χ2n) is 7.53. The van der Waals surface area contributed by atoms with Gasteiger partial charge in [0.2, 0.25) is 11.8 Å². The van der Waals surface area contributed by atoms with Crippen LogP contribution >= 0.6 is 0 Å². The Bertz CT molecular complexity index is 1050. The Kier molecular flexibility index (Phi) is 6.99. The number of hydrogen-bond donors (Lipinski definition) is 2. The van der Waals surface area contributed by atoms with Crippen molar-refractivity contribution in [1.29, 1.82) is 0 Å². The predicted molar refractivity (Wildman–Crippen MR) is 122 cm³/mol. The number of nitrogens with one attached hydrogen (secondary N) is 1. The molecule has 0 aromatic heterocycles. The van der Waals surface area contributed by atoms with Gasteiger partial charge in [-0.15, -0.1) is 0 Å². The number of benzene rings is 3. The van der Waals surface area contributed by atoms with Crippen molar-refractivity contribution in [2.24, 2.45) is 5.73 Å². The number of primary amides is 1. The number of amides is 2. The number of hydrogen-bond acceptors (Lipinski definition) is 3. The monoisotopic (exact) mass is 401 g/mol. The summed E-state index contributed by atoms with van der Waals surface area (Å²) in [5, 5.41) is 5.26. The van der Waals surface area contributed by atoms with Crippen molar-refractivity contribution in [3.8, 4) is 0 Å². The topological polar surface area (TPSA) is 75.4 Å². The lowest BCUT2D eigenvalue weighted by Gasteiger charge is -2.24. The van der Waals surface area contributed by atoms with Crippen LogP contribution in [0.25, 0.3) is 16.8 Å². The molecule has 0 unspecified atom stereocenters. The molecule has 0 bridgehead atoms. The van der Waals surface area contributed by atoms with Crippen LogP contribution in [0.4, 0.5) is 0 Å². The molecule has 3 rings (SSSR count). The first-order chi connectivity index (χ1) is 14.4. The van der Waals surface area contributed by atoms with Crippen LogP contribution in [0, 0.1) is 0 Å². The first-order valence-electron chi connectivity index (χ1n) is 9.93. The van der Waals surface area contributed by atoms with Gasteiger partial charge >= 0.3 is 0 Å². The van der Waals surface area contributed by atoms with Crippen molar-refractivity contribution in [3.05, 3.63) is 89.5 Å². The van der Waals surface area contributed by atoms with Crippen LogP contribution in [0.2, 0.25) is 0 Å². The van der Waals surface area contributed by atoms with Gasteiger partial charge in [0.15, 0.2) is 0 Å². The Morgan fingerprint density at radius 2 is 1.70 bits per heavy atom. The Balaban J connectivity index is 1.60. The molecule has 0 spiro atoms. The van der Waals surface area contributed by atoms with E-state index in [2.05, 4.69) is 28.4 Å². The average Bonchev–Trinajstić information content (AvgIpc) is 2.75. The zero-order chi connectivity index (χ0) is 21.5. The van der Waals surface area contributed by atoms with Gasteiger partial charge in [-0.1, -0.05) is 54.6 Å².